The first-order chi connectivity index (χ1) is 7.43. The van der Waals surface area contributed by atoms with Crippen LogP contribution >= 0.6 is 11.6 Å². The van der Waals surface area contributed by atoms with Crippen molar-refractivity contribution in [2.24, 2.45) is 5.41 Å². The fourth-order valence-electron chi connectivity index (χ4n) is 1.18. The Labute approximate surface area is 102 Å². The summed E-state index contributed by atoms with van der Waals surface area (Å²) in [6, 6.07) is 7.79. The second-order valence-corrected chi connectivity index (χ2v) is 5.22. The molecule has 1 aromatic rings. The summed E-state index contributed by atoms with van der Waals surface area (Å²) in [5.41, 5.74) is 1.65. The summed E-state index contributed by atoms with van der Waals surface area (Å²) in [6.45, 7) is 5.68. The number of carbonyl (C=O) groups is 1. The average Bonchev–Trinajstić information content (AvgIpc) is 2.20. The highest BCUT2D eigenvalue weighted by molar-refractivity contribution is 6.17. The Morgan fingerprint density at radius 3 is 2.25 bits per heavy atom. The predicted octanol–water partition coefficient (Wildman–Crippen LogP) is 3.45. The zero-order valence-electron chi connectivity index (χ0n) is 10.0. The third kappa shape index (κ3) is 3.86. The second kappa shape index (κ2) is 5.35. The number of alkyl halides is 1. The van der Waals surface area contributed by atoms with Crippen LogP contribution in [0.5, 0.6) is 0 Å². The SMILES string of the molecule is CC(C)(C)C(=O)Nc1ccc(CCCl)cc1. The molecule has 1 rings (SSSR count). The molecule has 0 aromatic heterocycles. The van der Waals surface area contributed by atoms with Crippen molar-refractivity contribution in [2.45, 2.75) is 27.2 Å². The van der Waals surface area contributed by atoms with Crippen LogP contribution in [-0.4, -0.2) is 11.8 Å². The van der Waals surface area contributed by atoms with Crippen molar-refractivity contribution in [1.82, 2.24) is 0 Å². The standard InChI is InChI=1S/C13H18ClNO/c1-13(2,3)12(16)15-11-6-4-10(5-7-11)8-9-14/h4-7H,8-9H2,1-3H3,(H,15,16). The molecule has 2 nitrogen and oxygen atoms in total. The minimum absolute atomic E-state index is 0.0255. The van der Waals surface area contributed by atoms with Gasteiger partial charge < -0.3 is 5.32 Å². The van der Waals surface area contributed by atoms with Crippen LogP contribution < -0.4 is 5.32 Å². The van der Waals surface area contributed by atoms with E-state index >= 15 is 0 Å². The van der Waals surface area contributed by atoms with Crippen molar-refractivity contribution in [3.63, 3.8) is 0 Å². The summed E-state index contributed by atoms with van der Waals surface area (Å²) >= 11 is 5.65. The first kappa shape index (κ1) is 13.0. The monoisotopic (exact) mass is 239 g/mol. The quantitative estimate of drug-likeness (QED) is 0.805. The normalized spacial score (nSPS) is 11.2. The van der Waals surface area contributed by atoms with Gasteiger partial charge in [0.05, 0.1) is 0 Å². The molecular weight excluding hydrogens is 222 g/mol. The molecule has 3 heteroatoms. The number of amides is 1. The van der Waals surface area contributed by atoms with Crippen molar-refractivity contribution in [3.05, 3.63) is 29.8 Å². The largest absolute Gasteiger partial charge is 0.326 e. The Morgan fingerprint density at radius 1 is 1.25 bits per heavy atom. The van der Waals surface area contributed by atoms with Crippen molar-refractivity contribution in [1.29, 1.82) is 0 Å². The lowest BCUT2D eigenvalue weighted by Crippen LogP contribution is -2.27. The van der Waals surface area contributed by atoms with Crippen LogP contribution in [0.2, 0.25) is 0 Å². The van der Waals surface area contributed by atoms with Gasteiger partial charge in [0.15, 0.2) is 0 Å². The van der Waals surface area contributed by atoms with Crippen molar-refractivity contribution in [3.8, 4) is 0 Å². The molecule has 0 aliphatic heterocycles. The summed E-state index contributed by atoms with van der Waals surface area (Å²) in [7, 11) is 0. The van der Waals surface area contributed by atoms with Crippen LogP contribution in [0.15, 0.2) is 24.3 Å². The van der Waals surface area contributed by atoms with E-state index in [-0.39, 0.29) is 11.3 Å². The molecule has 0 saturated carbocycles. The molecule has 0 aliphatic carbocycles. The molecule has 0 bridgehead atoms. The van der Waals surface area contributed by atoms with Crippen LogP contribution in [-0.2, 0) is 11.2 Å². The van der Waals surface area contributed by atoms with Gasteiger partial charge in [-0.1, -0.05) is 32.9 Å². The molecule has 0 unspecified atom stereocenters. The molecule has 0 aliphatic rings. The predicted molar refractivity (Wildman–Crippen MR) is 69.0 cm³/mol. The van der Waals surface area contributed by atoms with Crippen molar-refractivity contribution < 1.29 is 4.79 Å². The van der Waals surface area contributed by atoms with Gasteiger partial charge in [-0.2, -0.15) is 0 Å². The Balaban J connectivity index is 2.65. The molecule has 0 saturated heterocycles. The summed E-state index contributed by atoms with van der Waals surface area (Å²) in [4.78, 5) is 11.7. The van der Waals surface area contributed by atoms with Gasteiger partial charge in [0.2, 0.25) is 5.91 Å². The van der Waals surface area contributed by atoms with Gasteiger partial charge in [0.25, 0.3) is 0 Å². The van der Waals surface area contributed by atoms with Gasteiger partial charge in [-0.25, -0.2) is 0 Å². The fourth-order valence-corrected chi connectivity index (χ4v) is 1.40. The average molecular weight is 240 g/mol. The van der Waals surface area contributed by atoms with E-state index in [9.17, 15) is 4.79 Å². The molecule has 0 heterocycles. The van der Waals surface area contributed by atoms with E-state index in [1.165, 1.54) is 5.56 Å². The Hall–Kier alpha value is -1.02. The minimum atomic E-state index is -0.366. The van der Waals surface area contributed by atoms with Crippen molar-refractivity contribution in [2.75, 3.05) is 11.2 Å². The van der Waals surface area contributed by atoms with Gasteiger partial charge in [-0.15, -0.1) is 11.6 Å². The lowest BCUT2D eigenvalue weighted by Gasteiger charge is -2.17. The molecule has 88 valence electrons. The van der Waals surface area contributed by atoms with Crippen LogP contribution in [0.4, 0.5) is 5.69 Å². The number of aryl methyl sites for hydroxylation is 1. The van der Waals surface area contributed by atoms with Crippen LogP contribution in [0.3, 0.4) is 0 Å². The number of halogens is 1. The van der Waals surface area contributed by atoms with Crippen LogP contribution in [0.1, 0.15) is 26.3 Å². The fraction of sp³-hybridized carbons (Fsp3) is 0.462. The number of nitrogens with one attached hydrogen (secondary N) is 1. The van der Waals surface area contributed by atoms with E-state index in [1.54, 1.807) is 0 Å². The van der Waals surface area contributed by atoms with E-state index < -0.39 is 0 Å². The van der Waals surface area contributed by atoms with Crippen LogP contribution in [0.25, 0.3) is 0 Å². The molecule has 1 amide bonds. The third-order valence-corrected chi connectivity index (χ3v) is 2.47. The highest BCUT2D eigenvalue weighted by Gasteiger charge is 2.20. The van der Waals surface area contributed by atoms with E-state index in [0.29, 0.717) is 5.88 Å². The molecular formula is C13H18ClNO. The first-order valence-electron chi connectivity index (χ1n) is 5.40. The number of hydrogen-bond acceptors (Lipinski definition) is 1. The van der Waals surface area contributed by atoms with Gasteiger partial charge in [-0.3, -0.25) is 4.79 Å². The van der Waals surface area contributed by atoms with E-state index in [0.717, 1.165) is 12.1 Å². The summed E-state index contributed by atoms with van der Waals surface area (Å²) in [5.74, 6) is 0.644. The highest BCUT2D eigenvalue weighted by Crippen LogP contribution is 2.17. The number of rotatable bonds is 3. The zero-order valence-corrected chi connectivity index (χ0v) is 10.8. The maximum atomic E-state index is 11.7. The summed E-state index contributed by atoms with van der Waals surface area (Å²) < 4.78 is 0. The van der Waals surface area contributed by atoms with Gasteiger partial charge in [0.1, 0.15) is 0 Å². The molecule has 0 fully saturated rings. The molecule has 16 heavy (non-hydrogen) atoms. The maximum absolute atomic E-state index is 11.7. The molecule has 0 radical (unpaired) electrons. The second-order valence-electron chi connectivity index (χ2n) is 4.84. The number of anilines is 1. The summed E-state index contributed by atoms with van der Waals surface area (Å²) in [5, 5.41) is 2.88. The Bertz CT molecular complexity index is 351. The van der Waals surface area contributed by atoms with Gasteiger partial charge >= 0.3 is 0 Å². The molecule has 1 N–H and O–H groups in total. The van der Waals surface area contributed by atoms with E-state index in [1.807, 2.05) is 45.0 Å². The summed E-state index contributed by atoms with van der Waals surface area (Å²) in [6.07, 6.45) is 0.856. The topological polar surface area (TPSA) is 29.1 Å². The lowest BCUT2D eigenvalue weighted by molar-refractivity contribution is -0.123. The minimum Gasteiger partial charge on any atom is -0.326 e. The Morgan fingerprint density at radius 2 is 1.81 bits per heavy atom. The van der Waals surface area contributed by atoms with Gasteiger partial charge in [-0.05, 0) is 24.1 Å². The highest BCUT2D eigenvalue weighted by atomic mass is 35.5. The maximum Gasteiger partial charge on any atom is 0.229 e. The van der Waals surface area contributed by atoms with Crippen molar-refractivity contribution >= 4 is 23.2 Å². The molecule has 0 atom stereocenters. The molecule has 1 aromatic carbocycles. The Kier molecular flexibility index (Phi) is 4.36. The lowest BCUT2D eigenvalue weighted by atomic mass is 9.95. The number of carbonyl (C=O) groups excluding carboxylic acids is 1. The zero-order chi connectivity index (χ0) is 12.2. The smallest absolute Gasteiger partial charge is 0.229 e. The third-order valence-electron chi connectivity index (χ3n) is 2.28. The van der Waals surface area contributed by atoms with E-state index in [4.69, 9.17) is 11.6 Å². The number of hydrogen-bond donors (Lipinski definition) is 1. The molecule has 0 spiro atoms. The first-order valence-corrected chi connectivity index (χ1v) is 5.93. The van der Waals surface area contributed by atoms with Crippen LogP contribution in [0, 0.1) is 5.41 Å². The van der Waals surface area contributed by atoms with E-state index in [2.05, 4.69) is 5.32 Å². The van der Waals surface area contributed by atoms with Gasteiger partial charge in [0, 0.05) is 17.0 Å². The number of benzene rings is 1.